The summed E-state index contributed by atoms with van der Waals surface area (Å²) in [5.41, 5.74) is 6.97. The molecule has 0 saturated heterocycles. The second-order valence-corrected chi connectivity index (χ2v) is 7.08. The Hall–Kier alpha value is -2.28. The van der Waals surface area contributed by atoms with Gasteiger partial charge in [-0.1, -0.05) is 18.2 Å². The first-order valence-corrected chi connectivity index (χ1v) is 8.83. The van der Waals surface area contributed by atoms with Crippen LogP contribution in [0.3, 0.4) is 0 Å². The van der Waals surface area contributed by atoms with E-state index in [-0.39, 0.29) is 13.1 Å². The summed E-state index contributed by atoms with van der Waals surface area (Å²) >= 11 is 0. The van der Waals surface area contributed by atoms with Crippen LogP contribution in [0.15, 0.2) is 18.2 Å². The molecule has 0 atom stereocenters. The van der Waals surface area contributed by atoms with Gasteiger partial charge in [0.05, 0.1) is 6.61 Å². The van der Waals surface area contributed by atoms with Gasteiger partial charge in [0.1, 0.15) is 11.4 Å². The third-order valence-electron chi connectivity index (χ3n) is 3.46. The van der Waals surface area contributed by atoms with Crippen LogP contribution in [-0.4, -0.2) is 48.9 Å². The lowest BCUT2D eigenvalue weighted by Crippen LogP contribution is -2.48. The largest absolute Gasteiger partial charge is 0.493 e. The number of para-hydroxylation sites is 1. The SMILES string of the molecule is Cc1cccc(C)c1OCCCNC(=O)N(CCN)C(=O)OC(C)(C)C. The Morgan fingerprint density at radius 2 is 1.81 bits per heavy atom. The molecular formula is C19H31N3O4. The highest BCUT2D eigenvalue weighted by Crippen LogP contribution is 2.22. The van der Waals surface area contributed by atoms with E-state index in [1.165, 1.54) is 0 Å². The fraction of sp³-hybridized carbons (Fsp3) is 0.579. The van der Waals surface area contributed by atoms with E-state index in [2.05, 4.69) is 5.32 Å². The van der Waals surface area contributed by atoms with Crippen molar-refractivity contribution in [1.29, 1.82) is 0 Å². The van der Waals surface area contributed by atoms with Gasteiger partial charge in [0.2, 0.25) is 0 Å². The van der Waals surface area contributed by atoms with Gasteiger partial charge in [-0.3, -0.25) is 0 Å². The third kappa shape index (κ3) is 7.31. The Labute approximate surface area is 155 Å². The number of aryl methyl sites for hydroxylation is 2. The molecule has 0 unspecified atom stereocenters. The lowest BCUT2D eigenvalue weighted by atomic mass is 10.1. The van der Waals surface area contributed by atoms with Gasteiger partial charge >= 0.3 is 12.1 Å². The number of hydrogen-bond acceptors (Lipinski definition) is 5. The highest BCUT2D eigenvalue weighted by Gasteiger charge is 2.26. The van der Waals surface area contributed by atoms with Gasteiger partial charge in [0.15, 0.2) is 0 Å². The predicted molar refractivity (Wildman–Crippen MR) is 101 cm³/mol. The molecule has 0 fully saturated rings. The molecule has 7 heteroatoms. The first-order valence-electron chi connectivity index (χ1n) is 8.83. The molecule has 0 aliphatic rings. The Morgan fingerprint density at radius 1 is 1.19 bits per heavy atom. The maximum absolute atomic E-state index is 12.2. The van der Waals surface area contributed by atoms with Crippen LogP contribution in [0.1, 0.15) is 38.3 Å². The number of nitrogens with two attached hydrogens (primary N) is 1. The van der Waals surface area contributed by atoms with E-state index < -0.39 is 17.7 Å². The summed E-state index contributed by atoms with van der Waals surface area (Å²) in [5, 5.41) is 2.70. The van der Waals surface area contributed by atoms with Crippen LogP contribution < -0.4 is 15.8 Å². The Bertz CT molecular complexity index is 591. The molecule has 0 aromatic heterocycles. The predicted octanol–water partition coefficient (Wildman–Crippen LogP) is 2.98. The number of amides is 3. The number of rotatable bonds is 7. The molecule has 0 radical (unpaired) electrons. The van der Waals surface area contributed by atoms with E-state index in [0.717, 1.165) is 21.8 Å². The summed E-state index contributed by atoms with van der Waals surface area (Å²) < 4.78 is 11.0. The first-order chi connectivity index (χ1) is 12.2. The molecule has 3 N–H and O–H groups in total. The molecule has 7 nitrogen and oxygen atoms in total. The molecule has 1 rings (SSSR count). The Morgan fingerprint density at radius 3 is 2.35 bits per heavy atom. The van der Waals surface area contributed by atoms with Crippen LogP contribution in [0, 0.1) is 13.8 Å². The zero-order chi connectivity index (χ0) is 19.7. The summed E-state index contributed by atoms with van der Waals surface area (Å²) in [7, 11) is 0. The second-order valence-electron chi connectivity index (χ2n) is 7.08. The topological polar surface area (TPSA) is 93.9 Å². The number of carbonyl (C=O) groups is 2. The quantitative estimate of drug-likeness (QED) is 0.725. The van der Waals surface area contributed by atoms with Gasteiger partial charge in [0.25, 0.3) is 0 Å². The van der Waals surface area contributed by atoms with E-state index in [4.69, 9.17) is 15.2 Å². The van der Waals surface area contributed by atoms with Gasteiger partial charge in [-0.2, -0.15) is 0 Å². The van der Waals surface area contributed by atoms with Crippen molar-refractivity contribution in [1.82, 2.24) is 10.2 Å². The molecule has 0 aliphatic heterocycles. The Balaban J connectivity index is 2.44. The van der Waals surface area contributed by atoms with Gasteiger partial charge in [-0.25, -0.2) is 14.5 Å². The molecular weight excluding hydrogens is 334 g/mol. The van der Waals surface area contributed by atoms with Crippen LogP contribution in [0.2, 0.25) is 0 Å². The monoisotopic (exact) mass is 365 g/mol. The van der Waals surface area contributed by atoms with Crippen molar-refractivity contribution in [3.63, 3.8) is 0 Å². The number of ether oxygens (including phenoxy) is 2. The molecule has 1 aromatic carbocycles. The Kier molecular flexibility index (Phi) is 8.38. The summed E-state index contributed by atoms with van der Waals surface area (Å²) in [5.74, 6) is 0.873. The zero-order valence-electron chi connectivity index (χ0n) is 16.4. The molecule has 146 valence electrons. The molecule has 0 spiro atoms. The summed E-state index contributed by atoms with van der Waals surface area (Å²) in [6.07, 6.45) is -0.0863. The second kappa shape index (κ2) is 10.0. The fourth-order valence-electron chi connectivity index (χ4n) is 2.29. The van der Waals surface area contributed by atoms with Crippen LogP contribution in [-0.2, 0) is 4.74 Å². The van der Waals surface area contributed by atoms with Crippen molar-refractivity contribution in [2.75, 3.05) is 26.2 Å². The number of imide groups is 1. The van der Waals surface area contributed by atoms with E-state index in [0.29, 0.717) is 19.6 Å². The van der Waals surface area contributed by atoms with Crippen LogP contribution in [0.5, 0.6) is 5.75 Å². The normalized spacial score (nSPS) is 11.0. The molecule has 0 heterocycles. The summed E-state index contributed by atoms with van der Waals surface area (Å²) in [4.78, 5) is 25.3. The molecule has 1 aromatic rings. The summed E-state index contributed by atoms with van der Waals surface area (Å²) in [6.45, 7) is 10.3. The van der Waals surface area contributed by atoms with Crippen molar-refractivity contribution in [3.8, 4) is 5.75 Å². The van der Waals surface area contributed by atoms with Crippen LogP contribution in [0.25, 0.3) is 0 Å². The standard InChI is InChI=1S/C19H31N3O4/c1-14-8-6-9-15(2)16(14)25-13-7-11-21-17(23)22(12-10-20)18(24)26-19(3,4)5/h6,8-9H,7,10-13,20H2,1-5H3,(H,21,23). The minimum Gasteiger partial charge on any atom is -0.493 e. The summed E-state index contributed by atoms with van der Waals surface area (Å²) in [6, 6.07) is 5.46. The number of nitrogens with one attached hydrogen (secondary N) is 1. The third-order valence-corrected chi connectivity index (χ3v) is 3.46. The number of carbonyl (C=O) groups excluding carboxylic acids is 2. The van der Waals surface area contributed by atoms with E-state index in [1.54, 1.807) is 20.8 Å². The molecule has 0 aliphatic carbocycles. The highest BCUT2D eigenvalue weighted by molar-refractivity contribution is 5.91. The lowest BCUT2D eigenvalue weighted by Gasteiger charge is -2.26. The van der Waals surface area contributed by atoms with Gasteiger partial charge in [-0.05, 0) is 52.2 Å². The minimum atomic E-state index is -0.702. The molecule has 26 heavy (non-hydrogen) atoms. The average molecular weight is 365 g/mol. The average Bonchev–Trinajstić information content (AvgIpc) is 2.52. The highest BCUT2D eigenvalue weighted by atomic mass is 16.6. The minimum absolute atomic E-state index is 0.0969. The van der Waals surface area contributed by atoms with E-state index in [9.17, 15) is 9.59 Å². The molecule has 3 amide bonds. The van der Waals surface area contributed by atoms with Crippen LogP contribution in [0.4, 0.5) is 9.59 Å². The van der Waals surface area contributed by atoms with Crippen molar-refractivity contribution < 1.29 is 19.1 Å². The maximum Gasteiger partial charge on any atom is 0.418 e. The number of benzene rings is 1. The maximum atomic E-state index is 12.2. The van der Waals surface area contributed by atoms with Crippen molar-refractivity contribution in [2.24, 2.45) is 5.73 Å². The molecule has 0 saturated carbocycles. The van der Waals surface area contributed by atoms with Gasteiger partial charge < -0.3 is 20.5 Å². The van der Waals surface area contributed by atoms with Crippen molar-refractivity contribution >= 4 is 12.1 Å². The number of urea groups is 1. The fourth-order valence-corrected chi connectivity index (χ4v) is 2.29. The molecule has 0 bridgehead atoms. The first kappa shape index (κ1) is 21.8. The van der Waals surface area contributed by atoms with Gasteiger partial charge in [0, 0.05) is 19.6 Å². The number of nitrogens with zero attached hydrogens (tertiary/aromatic N) is 1. The zero-order valence-corrected chi connectivity index (χ0v) is 16.4. The van der Waals surface area contributed by atoms with Gasteiger partial charge in [-0.15, -0.1) is 0 Å². The van der Waals surface area contributed by atoms with Crippen LogP contribution >= 0.6 is 0 Å². The van der Waals surface area contributed by atoms with Crippen molar-refractivity contribution in [3.05, 3.63) is 29.3 Å². The van der Waals surface area contributed by atoms with E-state index in [1.807, 2.05) is 32.0 Å². The van der Waals surface area contributed by atoms with E-state index >= 15 is 0 Å². The smallest absolute Gasteiger partial charge is 0.418 e. The lowest BCUT2D eigenvalue weighted by molar-refractivity contribution is 0.0325. The van der Waals surface area contributed by atoms with Crippen molar-refractivity contribution in [2.45, 2.75) is 46.6 Å². The number of hydrogen-bond donors (Lipinski definition) is 2.